The standard InChI is InChI=1S/C26H26N8O12S2/c1-26(2,24(41)42)46-33-18(14-10-47-25(27)31-14)22(39)32-19-15(34(23(19)40)48(43,44)45)8-29-20(37)11-4-3-5-12(6-11)30-21(38)13-7-16(35)17(36)9-28-13/h3-7,9-10,15,19,36H,8H2,1-2H3,(H2,27,31)(H,28,35)(H,29,37)(H,30,38)(H,32,39)(H,41,42)(H,43,44,45)/b33-18-/t15-,19+/m1/s1. The summed E-state index contributed by atoms with van der Waals surface area (Å²) in [5, 5.41) is 30.6. The topological polar surface area (TPSA) is 313 Å². The smallest absolute Gasteiger partial charge is 0.362 e. The summed E-state index contributed by atoms with van der Waals surface area (Å²) in [7, 11) is -5.16. The van der Waals surface area contributed by atoms with Crippen LogP contribution in [0.25, 0.3) is 0 Å². The van der Waals surface area contributed by atoms with E-state index in [2.05, 4.69) is 31.1 Å². The number of hydrogen-bond donors (Lipinski definition) is 8. The Kier molecular flexibility index (Phi) is 9.82. The third-order valence-electron chi connectivity index (χ3n) is 6.56. The van der Waals surface area contributed by atoms with Crippen LogP contribution in [0.15, 0.2) is 51.9 Å². The molecule has 0 spiro atoms. The number of benzene rings is 1. The van der Waals surface area contributed by atoms with Crippen molar-refractivity contribution in [2.24, 2.45) is 5.16 Å². The van der Waals surface area contributed by atoms with Crippen molar-refractivity contribution in [3.63, 3.8) is 0 Å². The zero-order valence-corrected chi connectivity index (χ0v) is 26.3. The number of nitrogens with zero attached hydrogens (tertiary/aromatic N) is 3. The molecule has 0 radical (unpaired) electrons. The van der Waals surface area contributed by atoms with Gasteiger partial charge in [-0.05, 0) is 32.0 Å². The molecule has 0 unspecified atom stereocenters. The van der Waals surface area contributed by atoms with Gasteiger partial charge in [-0.25, -0.2) is 14.1 Å². The van der Waals surface area contributed by atoms with Gasteiger partial charge in [0, 0.05) is 35.4 Å². The summed E-state index contributed by atoms with van der Waals surface area (Å²) in [6, 6.07) is 3.05. The molecule has 0 bridgehead atoms. The highest BCUT2D eigenvalue weighted by Gasteiger charge is 2.54. The molecular weight excluding hydrogens is 680 g/mol. The van der Waals surface area contributed by atoms with Crippen molar-refractivity contribution in [2.75, 3.05) is 17.6 Å². The number of aromatic hydroxyl groups is 1. The minimum atomic E-state index is -5.16. The Bertz CT molecular complexity index is 2010. The molecule has 22 heteroatoms. The average Bonchev–Trinajstić information content (AvgIpc) is 3.43. The molecule has 9 N–H and O–H groups in total. The first-order valence-electron chi connectivity index (χ1n) is 13.3. The van der Waals surface area contributed by atoms with E-state index in [0.717, 1.165) is 37.4 Å². The van der Waals surface area contributed by atoms with Crippen molar-refractivity contribution in [1.82, 2.24) is 24.9 Å². The number of H-pyrrole nitrogens is 1. The number of carbonyl (C=O) groups excluding carboxylic acids is 4. The van der Waals surface area contributed by atoms with Crippen LogP contribution in [0.3, 0.4) is 0 Å². The Morgan fingerprint density at radius 3 is 2.50 bits per heavy atom. The molecular formula is C26H26N8O12S2. The lowest BCUT2D eigenvalue weighted by Crippen LogP contribution is -2.74. The Hall–Kier alpha value is -5.87. The van der Waals surface area contributed by atoms with Gasteiger partial charge in [0.1, 0.15) is 17.4 Å². The lowest BCUT2D eigenvalue weighted by Gasteiger charge is -2.44. The van der Waals surface area contributed by atoms with Gasteiger partial charge in [0.2, 0.25) is 11.0 Å². The number of aromatic nitrogens is 2. The summed E-state index contributed by atoms with van der Waals surface area (Å²) in [5.41, 5.74) is 2.00. The number of hydrogen-bond acceptors (Lipinski definition) is 14. The lowest BCUT2D eigenvalue weighted by molar-refractivity contribution is -0.161. The second-order valence-corrected chi connectivity index (χ2v) is 12.6. The van der Waals surface area contributed by atoms with Crippen molar-refractivity contribution >= 4 is 67.8 Å². The van der Waals surface area contributed by atoms with Crippen molar-refractivity contribution in [1.29, 1.82) is 0 Å². The van der Waals surface area contributed by atoms with Crippen LogP contribution in [-0.2, 0) is 29.5 Å². The van der Waals surface area contributed by atoms with E-state index < -0.39 is 81.0 Å². The fraction of sp³-hybridized carbons (Fsp3) is 0.231. The van der Waals surface area contributed by atoms with Crippen molar-refractivity contribution < 1.29 is 52.0 Å². The Morgan fingerprint density at radius 2 is 1.90 bits per heavy atom. The maximum Gasteiger partial charge on any atom is 0.362 e. The van der Waals surface area contributed by atoms with Gasteiger partial charge in [0.25, 0.3) is 23.6 Å². The first kappa shape index (κ1) is 35.0. The number of amides is 4. The minimum Gasteiger partial charge on any atom is -0.503 e. The zero-order valence-electron chi connectivity index (χ0n) is 24.7. The first-order chi connectivity index (χ1) is 22.4. The summed E-state index contributed by atoms with van der Waals surface area (Å²) in [4.78, 5) is 85.9. The van der Waals surface area contributed by atoms with Gasteiger partial charge in [0.05, 0.1) is 6.04 Å². The fourth-order valence-corrected chi connectivity index (χ4v) is 5.43. The van der Waals surface area contributed by atoms with E-state index in [4.69, 9.17) is 10.6 Å². The Balaban J connectivity index is 1.50. The maximum atomic E-state index is 13.2. The number of anilines is 2. The molecule has 0 saturated carbocycles. The highest BCUT2D eigenvalue weighted by molar-refractivity contribution is 7.84. The molecule has 2 aromatic heterocycles. The van der Waals surface area contributed by atoms with E-state index in [-0.39, 0.29) is 32.1 Å². The molecule has 3 aromatic rings. The van der Waals surface area contributed by atoms with Gasteiger partial charge in [-0.3, -0.25) is 28.5 Å². The van der Waals surface area contributed by atoms with E-state index >= 15 is 0 Å². The minimum absolute atomic E-state index is 0.000210. The summed E-state index contributed by atoms with van der Waals surface area (Å²) in [5.74, 6) is -6.07. The quantitative estimate of drug-likeness (QED) is 0.0479. The van der Waals surface area contributed by atoms with E-state index in [0.29, 0.717) is 0 Å². The summed E-state index contributed by atoms with van der Waals surface area (Å²) in [6.45, 7) is 1.66. The van der Waals surface area contributed by atoms with E-state index in [9.17, 15) is 52.0 Å². The first-order valence-corrected chi connectivity index (χ1v) is 15.6. The van der Waals surface area contributed by atoms with Crippen molar-refractivity contribution in [3.8, 4) is 5.75 Å². The highest BCUT2D eigenvalue weighted by atomic mass is 32.2. The lowest BCUT2D eigenvalue weighted by atomic mass is 9.98. The predicted molar refractivity (Wildman–Crippen MR) is 165 cm³/mol. The molecule has 0 aliphatic carbocycles. The number of aliphatic carboxylic acids is 1. The van der Waals surface area contributed by atoms with Crippen LogP contribution < -0.4 is 27.1 Å². The van der Waals surface area contributed by atoms with Crippen molar-refractivity contribution in [3.05, 3.63) is 69.1 Å². The molecule has 1 saturated heterocycles. The number of pyridine rings is 1. The SMILES string of the molecule is CC(C)(O/N=C(\C(=O)N[C@@H]1C(=O)N(S(=O)(=O)O)[C@@H]1CNC(=O)c1cccc(NC(=O)c2cc(=O)c(O)c[nH]2)c1)c1csc(N)n1)C(=O)O. The predicted octanol–water partition coefficient (Wildman–Crippen LogP) is -1.12. The third kappa shape index (κ3) is 7.73. The molecule has 4 rings (SSSR count). The molecule has 1 aliphatic heterocycles. The van der Waals surface area contributed by atoms with Crippen molar-refractivity contribution in [2.45, 2.75) is 31.5 Å². The molecule has 1 fully saturated rings. The van der Waals surface area contributed by atoms with Gasteiger partial charge >= 0.3 is 16.3 Å². The number of β-lactam (4-membered cyclic amide) rings is 1. The monoisotopic (exact) mass is 706 g/mol. The summed E-state index contributed by atoms with van der Waals surface area (Å²) >= 11 is 0.899. The molecule has 254 valence electrons. The van der Waals surface area contributed by atoms with Gasteiger partial charge < -0.3 is 41.7 Å². The van der Waals surface area contributed by atoms with Gasteiger partial charge in [-0.15, -0.1) is 11.3 Å². The van der Waals surface area contributed by atoms with Gasteiger partial charge in [0.15, 0.2) is 16.6 Å². The van der Waals surface area contributed by atoms with Gasteiger partial charge in [-0.2, -0.15) is 8.42 Å². The molecule has 1 aromatic carbocycles. The highest BCUT2D eigenvalue weighted by Crippen LogP contribution is 2.24. The second-order valence-electron chi connectivity index (χ2n) is 10.4. The number of carbonyl (C=O) groups is 5. The van der Waals surface area contributed by atoms with E-state index in [1.807, 2.05) is 0 Å². The number of nitrogens with two attached hydrogens (primary N) is 1. The van der Waals surface area contributed by atoms with Crippen LogP contribution in [0.2, 0.25) is 0 Å². The molecule has 1 aliphatic rings. The molecule has 2 atom stereocenters. The number of rotatable bonds is 12. The normalized spacial score (nSPS) is 16.4. The van der Waals surface area contributed by atoms with Crippen LogP contribution in [-0.4, -0.2) is 97.0 Å². The van der Waals surface area contributed by atoms with Crippen LogP contribution in [0.4, 0.5) is 10.8 Å². The number of carboxylic acid groups (broad SMARTS) is 1. The molecule has 4 amide bonds. The average molecular weight is 707 g/mol. The number of oxime groups is 1. The Labute approximate surface area is 273 Å². The number of aromatic amines is 1. The zero-order chi connectivity index (χ0) is 35.6. The largest absolute Gasteiger partial charge is 0.503 e. The van der Waals surface area contributed by atoms with Crippen LogP contribution in [0.1, 0.15) is 40.4 Å². The summed E-state index contributed by atoms with van der Waals surface area (Å²) in [6.07, 6.45) is 0.925. The summed E-state index contributed by atoms with van der Waals surface area (Å²) < 4.78 is 33.6. The number of carboxylic acids is 1. The van der Waals surface area contributed by atoms with Crippen LogP contribution >= 0.6 is 11.3 Å². The third-order valence-corrected chi connectivity index (χ3v) is 8.18. The maximum absolute atomic E-state index is 13.2. The van der Waals surface area contributed by atoms with E-state index in [1.165, 1.54) is 29.6 Å². The number of nitrogens with one attached hydrogen (secondary N) is 4. The molecule has 48 heavy (non-hydrogen) atoms. The van der Waals surface area contributed by atoms with Crippen LogP contribution in [0.5, 0.6) is 5.75 Å². The second kappa shape index (κ2) is 13.5. The van der Waals surface area contributed by atoms with Gasteiger partial charge in [-0.1, -0.05) is 11.2 Å². The van der Waals surface area contributed by atoms with E-state index in [1.54, 1.807) is 0 Å². The number of nitrogen functional groups attached to an aromatic ring is 1. The molecule has 20 nitrogen and oxygen atoms in total. The Morgan fingerprint density at radius 1 is 1.19 bits per heavy atom. The van der Waals surface area contributed by atoms with Crippen LogP contribution in [0, 0.1) is 0 Å². The number of thiazole rings is 1. The molecule has 3 heterocycles. The fourth-order valence-electron chi connectivity index (χ4n) is 4.00.